The number of carbonyl (C=O) groups is 1. The molecule has 2 aliphatic rings. The lowest BCUT2D eigenvalue weighted by Crippen LogP contribution is -2.32. The molecule has 6 heteroatoms. The molecule has 2 unspecified atom stereocenters. The van der Waals surface area contributed by atoms with E-state index in [1.54, 1.807) is 6.20 Å². The number of likely N-dealkylation sites (tertiary alicyclic amines) is 1. The number of hydrogen-bond donors (Lipinski definition) is 1. The molecule has 1 saturated carbocycles. The zero-order valence-electron chi connectivity index (χ0n) is 20.8. The Kier molecular flexibility index (Phi) is 8.29. The van der Waals surface area contributed by atoms with E-state index in [0.29, 0.717) is 16.8 Å². The number of benzene rings is 2. The summed E-state index contributed by atoms with van der Waals surface area (Å²) < 4.78 is 0. The number of anilines is 2. The van der Waals surface area contributed by atoms with Gasteiger partial charge in [0.1, 0.15) is 0 Å². The Morgan fingerprint density at radius 3 is 2.31 bits per heavy atom. The number of ketones is 1. The van der Waals surface area contributed by atoms with Gasteiger partial charge in [0, 0.05) is 40.0 Å². The summed E-state index contributed by atoms with van der Waals surface area (Å²) in [7, 11) is 0. The first-order chi connectivity index (χ1) is 17.7. The monoisotopic (exact) mass is 502 g/mol. The normalized spacial score (nSPS) is 21.4. The van der Waals surface area contributed by atoms with Gasteiger partial charge in [-0.3, -0.25) is 4.79 Å². The Morgan fingerprint density at radius 1 is 0.833 bits per heavy atom. The number of hydrogen-bond acceptors (Lipinski definition) is 5. The molecule has 5 rings (SSSR count). The molecule has 2 aromatic carbocycles. The molecule has 5 nitrogen and oxygen atoms in total. The summed E-state index contributed by atoms with van der Waals surface area (Å²) in [5.41, 5.74) is 3.47. The van der Waals surface area contributed by atoms with Gasteiger partial charge in [-0.2, -0.15) is 0 Å². The van der Waals surface area contributed by atoms with Crippen molar-refractivity contribution in [2.24, 2.45) is 5.92 Å². The number of nitrogens with zero attached hydrogens (tertiary/aromatic N) is 3. The summed E-state index contributed by atoms with van der Waals surface area (Å²) in [6.45, 7) is 2.54. The van der Waals surface area contributed by atoms with Crippen molar-refractivity contribution in [3.05, 3.63) is 71.4 Å². The van der Waals surface area contributed by atoms with Gasteiger partial charge in [-0.05, 0) is 94.1 Å². The zero-order valence-corrected chi connectivity index (χ0v) is 21.6. The van der Waals surface area contributed by atoms with Gasteiger partial charge < -0.3 is 10.2 Å². The average Bonchev–Trinajstić information content (AvgIpc) is 3.47. The van der Waals surface area contributed by atoms with Gasteiger partial charge in [-0.25, -0.2) is 9.97 Å². The molecule has 2 heterocycles. The second-order valence-electron chi connectivity index (χ2n) is 10.1. The molecule has 0 spiro atoms. The molecule has 2 atom stereocenters. The van der Waals surface area contributed by atoms with E-state index in [1.165, 1.54) is 45.2 Å². The number of carbonyl (C=O) groups excluding carboxylic acids is 1. The fourth-order valence-electron chi connectivity index (χ4n) is 5.68. The molecule has 3 aromatic rings. The van der Waals surface area contributed by atoms with Gasteiger partial charge in [0.05, 0.1) is 5.69 Å². The van der Waals surface area contributed by atoms with Crippen molar-refractivity contribution >= 4 is 29.0 Å². The van der Waals surface area contributed by atoms with E-state index in [-0.39, 0.29) is 5.92 Å². The predicted octanol–water partition coefficient (Wildman–Crippen LogP) is 7.55. The fraction of sp³-hybridized carbons (Fsp3) is 0.433. The van der Waals surface area contributed by atoms with Gasteiger partial charge in [0.15, 0.2) is 5.78 Å². The predicted molar refractivity (Wildman–Crippen MR) is 147 cm³/mol. The van der Waals surface area contributed by atoms with E-state index < -0.39 is 0 Å². The van der Waals surface area contributed by atoms with E-state index in [0.717, 1.165) is 54.2 Å². The molecule has 2 fully saturated rings. The minimum Gasteiger partial charge on any atom is -0.324 e. The number of rotatable bonds is 6. The Balaban J connectivity index is 1.19. The zero-order chi connectivity index (χ0) is 24.7. The van der Waals surface area contributed by atoms with Crippen LogP contribution in [0.3, 0.4) is 0 Å². The summed E-state index contributed by atoms with van der Waals surface area (Å²) in [5.74, 6) is 0.952. The molecule has 1 aromatic heterocycles. The lowest BCUT2D eigenvalue weighted by molar-refractivity contribution is 0.0903. The molecular weight excluding hydrogens is 468 g/mol. The van der Waals surface area contributed by atoms with Gasteiger partial charge >= 0.3 is 0 Å². The molecule has 1 aliphatic heterocycles. The third-order valence-corrected chi connectivity index (χ3v) is 7.93. The van der Waals surface area contributed by atoms with Crippen LogP contribution < -0.4 is 5.32 Å². The summed E-state index contributed by atoms with van der Waals surface area (Å²) >= 11 is 6.00. The van der Waals surface area contributed by atoms with Gasteiger partial charge in [-0.15, -0.1) is 0 Å². The van der Waals surface area contributed by atoms with E-state index in [1.807, 2.05) is 54.6 Å². The number of Topliss-reactive ketones (excluding diaryl/α,β-unsaturated/α-hetero) is 1. The van der Waals surface area contributed by atoms with Crippen LogP contribution in [0, 0.1) is 5.92 Å². The van der Waals surface area contributed by atoms with Gasteiger partial charge in [0.25, 0.3) is 0 Å². The van der Waals surface area contributed by atoms with E-state index in [9.17, 15) is 4.79 Å². The average molecular weight is 503 g/mol. The topological polar surface area (TPSA) is 58.1 Å². The highest BCUT2D eigenvalue weighted by atomic mass is 35.5. The van der Waals surface area contributed by atoms with Crippen molar-refractivity contribution in [1.82, 2.24) is 14.9 Å². The fourth-order valence-corrected chi connectivity index (χ4v) is 5.80. The van der Waals surface area contributed by atoms with Crippen LogP contribution >= 0.6 is 11.6 Å². The van der Waals surface area contributed by atoms with Crippen molar-refractivity contribution in [2.75, 3.05) is 18.4 Å². The first-order valence-electron chi connectivity index (χ1n) is 13.4. The van der Waals surface area contributed by atoms with Crippen LogP contribution in [0.15, 0.2) is 60.8 Å². The third kappa shape index (κ3) is 6.32. The molecule has 36 heavy (non-hydrogen) atoms. The quantitative estimate of drug-likeness (QED) is 0.352. The van der Waals surface area contributed by atoms with Crippen molar-refractivity contribution in [2.45, 2.75) is 63.8 Å². The minimum absolute atomic E-state index is 0.139. The Morgan fingerprint density at radius 2 is 1.53 bits per heavy atom. The highest BCUT2D eigenvalue weighted by Crippen LogP contribution is 2.29. The van der Waals surface area contributed by atoms with Crippen LogP contribution in [0.2, 0.25) is 5.02 Å². The standard InChI is InChI=1S/C30H35ClN4O/c31-25-14-10-22(11-15-25)28-18-19-32-30(34-28)33-26-16-12-24(13-17-26)29(36)23-6-1-2-8-27(9-5-7-23)35-20-3-4-21-35/h10-19,23,27H,1-9,20-21H2,(H,32,33,34). The molecule has 1 saturated heterocycles. The summed E-state index contributed by atoms with van der Waals surface area (Å²) in [5, 5.41) is 3.96. The molecular formula is C30H35ClN4O. The second kappa shape index (κ2) is 12.0. The van der Waals surface area contributed by atoms with Gasteiger partial charge in [0.2, 0.25) is 5.95 Å². The van der Waals surface area contributed by atoms with Crippen LogP contribution in [-0.4, -0.2) is 39.8 Å². The molecule has 0 bridgehead atoms. The number of nitrogens with one attached hydrogen (secondary N) is 1. The number of aromatic nitrogens is 2. The molecule has 0 radical (unpaired) electrons. The summed E-state index contributed by atoms with van der Waals surface area (Å²) in [4.78, 5) is 25.0. The smallest absolute Gasteiger partial charge is 0.227 e. The van der Waals surface area contributed by atoms with Crippen molar-refractivity contribution < 1.29 is 4.79 Å². The first kappa shape index (κ1) is 24.9. The Labute approximate surface area is 219 Å². The van der Waals surface area contributed by atoms with Crippen molar-refractivity contribution in [3.63, 3.8) is 0 Å². The second-order valence-corrected chi connectivity index (χ2v) is 10.6. The maximum atomic E-state index is 13.3. The molecule has 0 amide bonds. The maximum absolute atomic E-state index is 13.3. The summed E-state index contributed by atoms with van der Waals surface area (Å²) in [6, 6.07) is 18.0. The number of halogens is 1. The highest BCUT2D eigenvalue weighted by Gasteiger charge is 2.25. The molecule has 1 aliphatic carbocycles. The van der Waals surface area contributed by atoms with E-state index >= 15 is 0 Å². The van der Waals surface area contributed by atoms with Crippen LogP contribution in [0.1, 0.15) is 68.1 Å². The van der Waals surface area contributed by atoms with Crippen LogP contribution in [-0.2, 0) is 0 Å². The maximum Gasteiger partial charge on any atom is 0.227 e. The van der Waals surface area contributed by atoms with Crippen LogP contribution in [0.5, 0.6) is 0 Å². The summed E-state index contributed by atoms with van der Waals surface area (Å²) in [6.07, 6.45) is 12.5. The highest BCUT2D eigenvalue weighted by molar-refractivity contribution is 6.30. The lowest BCUT2D eigenvalue weighted by atomic mass is 9.89. The van der Waals surface area contributed by atoms with Crippen LogP contribution in [0.4, 0.5) is 11.6 Å². The van der Waals surface area contributed by atoms with Crippen LogP contribution in [0.25, 0.3) is 11.3 Å². The van der Waals surface area contributed by atoms with Crippen molar-refractivity contribution in [3.8, 4) is 11.3 Å². The first-order valence-corrected chi connectivity index (χ1v) is 13.8. The van der Waals surface area contributed by atoms with Gasteiger partial charge in [-0.1, -0.05) is 43.0 Å². The van der Waals surface area contributed by atoms with E-state index in [2.05, 4.69) is 20.2 Å². The Bertz CT molecular complexity index is 1140. The minimum atomic E-state index is 0.139. The SMILES string of the molecule is O=C(c1ccc(Nc2nccc(-c3ccc(Cl)cc3)n2)cc1)C1CCCCC(N2CCCC2)CCC1. The molecule has 188 valence electrons. The molecule has 1 N–H and O–H groups in total. The third-order valence-electron chi connectivity index (χ3n) is 7.68. The Hall–Kier alpha value is -2.76. The largest absolute Gasteiger partial charge is 0.324 e. The lowest BCUT2D eigenvalue weighted by Gasteiger charge is -2.27. The van der Waals surface area contributed by atoms with Crippen molar-refractivity contribution in [1.29, 1.82) is 0 Å². The van der Waals surface area contributed by atoms with E-state index in [4.69, 9.17) is 11.6 Å².